The van der Waals surface area contributed by atoms with Crippen LogP contribution < -0.4 is 10.2 Å². The molecule has 5 nitrogen and oxygen atoms in total. The number of carbonyl (C=O) groups is 1. The van der Waals surface area contributed by atoms with Gasteiger partial charge in [0.2, 0.25) is 0 Å². The fraction of sp³-hybridized carbons (Fsp3) is 0.200. The lowest BCUT2D eigenvalue weighted by Crippen LogP contribution is -2.44. The topological polar surface area (TPSA) is 59.4 Å². The first-order chi connectivity index (χ1) is 12.3. The molecule has 126 valence electrons. The van der Waals surface area contributed by atoms with Gasteiger partial charge in [-0.2, -0.15) is 5.26 Å². The summed E-state index contributed by atoms with van der Waals surface area (Å²) in [6.07, 6.45) is 1.67. The summed E-state index contributed by atoms with van der Waals surface area (Å²) in [7, 11) is 0. The van der Waals surface area contributed by atoms with E-state index in [0.717, 1.165) is 26.2 Å². The largest absolute Gasteiger partial charge is 0.373 e. The van der Waals surface area contributed by atoms with Gasteiger partial charge < -0.3 is 15.1 Å². The van der Waals surface area contributed by atoms with Crippen molar-refractivity contribution in [3.05, 3.63) is 72.4 Å². The van der Waals surface area contributed by atoms with E-state index in [9.17, 15) is 10.1 Å². The number of rotatable bonds is 4. The number of para-hydroxylation sites is 2. The molecule has 1 heterocycles. The van der Waals surface area contributed by atoms with Crippen molar-refractivity contribution in [3.63, 3.8) is 0 Å². The molecular weight excluding hydrogens is 312 g/mol. The third-order valence-electron chi connectivity index (χ3n) is 4.14. The number of anilines is 2. The quantitative estimate of drug-likeness (QED) is 0.691. The summed E-state index contributed by atoms with van der Waals surface area (Å²) in [4.78, 5) is 16.6. The number of carbonyl (C=O) groups excluding carboxylic acids is 1. The van der Waals surface area contributed by atoms with E-state index < -0.39 is 0 Å². The molecule has 1 N–H and O–H groups in total. The summed E-state index contributed by atoms with van der Waals surface area (Å²) in [5.41, 5.74) is 2.01. The number of nitrogens with one attached hydrogen (secondary N) is 1. The fourth-order valence-corrected chi connectivity index (χ4v) is 2.79. The van der Waals surface area contributed by atoms with Crippen LogP contribution in [0.15, 0.2) is 72.4 Å². The van der Waals surface area contributed by atoms with Crippen molar-refractivity contribution < 1.29 is 4.79 Å². The maximum atomic E-state index is 12.3. The Bertz CT molecular complexity index is 772. The molecule has 1 aliphatic rings. The minimum Gasteiger partial charge on any atom is -0.373 e. The third kappa shape index (κ3) is 4.39. The van der Waals surface area contributed by atoms with E-state index in [2.05, 4.69) is 22.3 Å². The zero-order valence-corrected chi connectivity index (χ0v) is 13.9. The molecule has 3 rings (SSSR count). The summed E-state index contributed by atoms with van der Waals surface area (Å²) in [5.74, 6) is -0.376. The number of hydrogen-bond donors (Lipinski definition) is 1. The molecule has 1 aliphatic heterocycles. The van der Waals surface area contributed by atoms with Crippen molar-refractivity contribution in [2.24, 2.45) is 0 Å². The molecule has 2 aromatic rings. The van der Waals surface area contributed by atoms with Crippen molar-refractivity contribution in [3.8, 4) is 6.07 Å². The Labute approximate surface area is 147 Å². The second-order valence-corrected chi connectivity index (χ2v) is 5.83. The summed E-state index contributed by atoms with van der Waals surface area (Å²) in [5, 5.41) is 12.1. The van der Waals surface area contributed by atoms with Crippen LogP contribution in [-0.4, -0.2) is 37.0 Å². The van der Waals surface area contributed by atoms with Gasteiger partial charge in [-0.1, -0.05) is 36.4 Å². The van der Waals surface area contributed by atoms with Gasteiger partial charge in [-0.05, 0) is 24.3 Å². The monoisotopic (exact) mass is 332 g/mol. The van der Waals surface area contributed by atoms with Gasteiger partial charge >= 0.3 is 0 Å². The average Bonchev–Trinajstić information content (AvgIpc) is 2.68. The third-order valence-corrected chi connectivity index (χ3v) is 4.14. The summed E-state index contributed by atoms with van der Waals surface area (Å²) in [6, 6.07) is 21.4. The van der Waals surface area contributed by atoms with Crippen LogP contribution >= 0.6 is 0 Å². The van der Waals surface area contributed by atoms with Gasteiger partial charge in [0.1, 0.15) is 11.6 Å². The SMILES string of the molecule is N#C/C(=C\N1CCN(c2ccccc2)CC1)C(=O)Nc1ccccc1. The van der Waals surface area contributed by atoms with E-state index >= 15 is 0 Å². The first kappa shape index (κ1) is 16.6. The van der Waals surface area contributed by atoms with Crippen molar-refractivity contribution >= 4 is 17.3 Å². The van der Waals surface area contributed by atoms with E-state index in [0.29, 0.717) is 5.69 Å². The van der Waals surface area contributed by atoms with E-state index in [1.54, 1.807) is 18.3 Å². The number of hydrogen-bond acceptors (Lipinski definition) is 4. The first-order valence-electron chi connectivity index (χ1n) is 8.28. The van der Waals surface area contributed by atoms with E-state index in [-0.39, 0.29) is 11.5 Å². The highest BCUT2D eigenvalue weighted by molar-refractivity contribution is 6.06. The van der Waals surface area contributed by atoms with E-state index in [1.165, 1.54) is 5.69 Å². The second-order valence-electron chi connectivity index (χ2n) is 5.83. The molecule has 1 amide bonds. The number of nitrogens with zero attached hydrogens (tertiary/aromatic N) is 3. The van der Waals surface area contributed by atoms with E-state index in [4.69, 9.17) is 0 Å². The molecule has 1 fully saturated rings. The molecule has 0 radical (unpaired) electrons. The molecule has 2 aromatic carbocycles. The number of benzene rings is 2. The lowest BCUT2D eigenvalue weighted by atomic mass is 10.2. The summed E-state index contributed by atoms with van der Waals surface area (Å²) in [6.45, 7) is 3.27. The van der Waals surface area contributed by atoms with Crippen LogP contribution in [0.3, 0.4) is 0 Å². The zero-order chi connectivity index (χ0) is 17.5. The maximum Gasteiger partial charge on any atom is 0.267 e. The van der Waals surface area contributed by atoms with Crippen molar-refractivity contribution in [1.29, 1.82) is 5.26 Å². The molecule has 0 aliphatic carbocycles. The Hall–Kier alpha value is -3.26. The normalized spacial score (nSPS) is 14.8. The Morgan fingerprint density at radius 2 is 1.56 bits per heavy atom. The predicted molar refractivity (Wildman–Crippen MR) is 99.0 cm³/mol. The van der Waals surface area contributed by atoms with Gasteiger partial charge in [-0.25, -0.2) is 0 Å². The van der Waals surface area contributed by atoms with Crippen molar-refractivity contribution in [1.82, 2.24) is 4.90 Å². The lowest BCUT2D eigenvalue weighted by molar-refractivity contribution is -0.112. The minimum atomic E-state index is -0.376. The summed E-state index contributed by atoms with van der Waals surface area (Å²) < 4.78 is 0. The van der Waals surface area contributed by atoms with Crippen LogP contribution in [0, 0.1) is 11.3 Å². The van der Waals surface area contributed by atoms with Crippen LogP contribution in [0.1, 0.15) is 0 Å². The minimum absolute atomic E-state index is 0.122. The standard InChI is InChI=1S/C20H20N4O/c21-15-17(20(25)22-18-7-3-1-4-8-18)16-23-11-13-24(14-12-23)19-9-5-2-6-10-19/h1-10,16H,11-14H2,(H,22,25)/b17-16+. The predicted octanol–water partition coefficient (Wildman–Crippen LogP) is 2.85. The van der Waals surface area contributed by atoms with Gasteiger partial charge in [0, 0.05) is 43.8 Å². The first-order valence-corrected chi connectivity index (χ1v) is 8.28. The van der Waals surface area contributed by atoms with Crippen molar-refractivity contribution in [2.75, 3.05) is 36.4 Å². The highest BCUT2D eigenvalue weighted by Crippen LogP contribution is 2.16. The molecule has 0 saturated carbocycles. The van der Waals surface area contributed by atoms with Crippen LogP contribution in [0.25, 0.3) is 0 Å². The highest BCUT2D eigenvalue weighted by Gasteiger charge is 2.17. The Morgan fingerprint density at radius 1 is 0.960 bits per heavy atom. The van der Waals surface area contributed by atoms with Crippen LogP contribution in [-0.2, 0) is 4.79 Å². The molecule has 25 heavy (non-hydrogen) atoms. The number of piperazine rings is 1. The molecule has 5 heteroatoms. The molecule has 1 saturated heterocycles. The Kier molecular flexibility index (Phi) is 5.32. The highest BCUT2D eigenvalue weighted by atomic mass is 16.1. The molecule has 0 aromatic heterocycles. The van der Waals surface area contributed by atoms with Gasteiger partial charge in [0.05, 0.1) is 0 Å². The molecule has 0 atom stereocenters. The summed E-state index contributed by atoms with van der Waals surface area (Å²) >= 11 is 0. The molecule has 0 spiro atoms. The number of amides is 1. The Balaban J connectivity index is 1.60. The average molecular weight is 332 g/mol. The molecule has 0 unspecified atom stereocenters. The smallest absolute Gasteiger partial charge is 0.267 e. The van der Waals surface area contributed by atoms with Gasteiger partial charge in [0.25, 0.3) is 5.91 Å². The molecule has 0 bridgehead atoms. The van der Waals surface area contributed by atoms with E-state index in [1.807, 2.05) is 47.4 Å². The van der Waals surface area contributed by atoms with Gasteiger partial charge in [-0.15, -0.1) is 0 Å². The van der Waals surface area contributed by atoms with Crippen LogP contribution in [0.5, 0.6) is 0 Å². The lowest BCUT2D eigenvalue weighted by Gasteiger charge is -2.35. The number of nitriles is 1. The fourth-order valence-electron chi connectivity index (χ4n) is 2.79. The van der Waals surface area contributed by atoms with Gasteiger partial charge in [-0.3, -0.25) is 4.79 Å². The second kappa shape index (κ2) is 8.02. The molecular formula is C20H20N4O. The zero-order valence-electron chi connectivity index (χ0n) is 13.9. The van der Waals surface area contributed by atoms with Gasteiger partial charge in [0.15, 0.2) is 0 Å². The Morgan fingerprint density at radius 3 is 2.16 bits per heavy atom. The van der Waals surface area contributed by atoms with Crippen molar-refractivity contribution in [2.45, 2.75) is 0 Å². The van der Waals surface area contributed by atoms with Crippen LogP contribution in [0.2, 0.25) is 0 Å². The maximum absolute atomic E-state index is 12.3. The van der Waals surface area contributed by atoms with Crippen LogP contribution in [0.4, 0.5) is 11.4 Å².